The summed E-state index contributed by atoms with van der Waals surface area (Å²) in [5.41, 5.74) is 2.41. The summed E-state index contributed by atoms with van der Waals surface area (Å²) in [4.78, 5) is 47.4. The Labute approximate surface area is 155 Å². The Balaban J connectivity index is 1.89. The van der Waals surface area contributed by atoms with E-state index in [1.54, 1.807) is 48.5 Å². The van der Waals surface area contributed by atoms with Crippen molar-refractivity contribution in [2.75, 3.05) is 5.32 Å². The van der Waals surface area contributed by atoms with E-state index in [9.17, 15) is 19.2 Å². The van der Waals surface area contributed by atoms with Crippen molar-refractivity contribution in [3.05, 3.63) is 65.2 Å². The van der Waals surface area contributed by atoms with Crippen molar-refractivity contribution in [1.29, 1.82) is 0 Å². The molecule has 1 heterocycles. The molecule has 138 valence electrons. The molecule has 0 aromatic heterocycles. The van der Waals surface area contributed by atoms with Crippen LogP contribution >= 0.6 is 0 Å². The summed E-state index contributed by atoms with van der Waals surface area (Å²) in [5.74, 6) is -2.05. The van der Waals surface area contributed by atoms with Crippen molar-refractivity contribution in [2.24, 2.45) is 0 Å². The van der Waals surface area contributed by atoms with Gasteiger partial charge in [0.25, 0.3) is 0 Å². The average molecular weight is 366 g/mol. The zero-order chi connectivity index (χ0) is 19.4. The number of carboxylic acids is 1. The van der Waals surface area contributed by atoms with Crippen LogP contribution in [0.4, 0.5) is 5.69 Å². The number of fused-ring (bicyclic) bond motifs is 1. The van der Waals surface area contributed by atoms with Crippen molar-refractivity contribution < 1.29 is 24.3 Å². The second-order valence-corrected chi connectivity index (χ2v) is 6.27. The van der Waals surface area contributed by atoms with E-state index in [0.29, 0.717) is 16.8 Å². The Morgan fingerprint density at radius 3 is 2.52 bits per heavy atom. The first-order valence-electron chi connectivity index (χ1n) is 8.47. The first-order chi connectivity index (χ1) is 12.9. The Bertz CT molecular complexity index is 908. The minimum absolute atomic E-state index is 0.126. The number of anilines is 1. The Morgan fingerprint density at radius 2 is 1.81 bits per heavy atom. The van der Waals surface area contributed by atoms with Crippen LogP contribution in [0.5, 0.6) is 0 Å². The second-order valence-electron chi connectivity index (χ2n) is 6.27. The lowest BCUT2D eigenvalue weighted by molar-refractivity contribution is -0.138. The van der Waals surface area contributed by atoms with Crippen molar-refractivity contribution in [2.45, 2.75) is 25.3 Å². The zero-order valence-electron chi connectivity index (χ0n) is 14.4. The maximum Gasteiger partial charge on any atom is 0.303 e. The molecule has 27 heavy (non-hydrogen) atoms. The molecular formula is C20H18N2O5. The largest absolute Gasteiger partial charge is 0.481 e. The predicted molar refractivity (Wildman–Crippen MR) is 97.3 cm³/mol. The molecule has 0 aliphatic carbocycles. The number of rotatable bonds is 7. The lowest BCUT2D eigenvalue weighted by atomic mass is 9.95. The number of carboxylic acid groups (broad SMARTS) is 1. The van der Waals surface area contributed by atoms with E-state index in [1.807, 2.05) is 0 Å². The normalized spacial score (nSPS) is 13.4. The summed E-state index contributed by atoms with van der Waals surface area (Å²) in [6.45, 7) is 0. The zero-order valence-corrected chi connectivity index (χ0v) is 14.4. The Hall–Kier alpha value is -3.48. The van der Waals surface area contributed by atoms with Gasteiger partial charge in [0.15, 0.2) is 5.78 Å². The predicted octanol–water partition coefficient (Wildman–Crippen LogP) is 2.09. The number of aliphatic carboxylic acids is 1. The van der Waals surface area contributed by atoms with Gasteiger partial charge in [0.05, 0.1) is 12.8 Å². The number of benzene rings is 2. The molecule has 7 nitrogen and oxygen atoms in total. The lowest BCUT2D eigenvalue weighted by Gasteiger charge is -2.19. The summed E-state index contributed by atoms with van der Waals surface area (Å²) >= 11 is 0. The molecule has 0 radical (unpaired) electrons. The topological polar surface area (TPSA) is 113 Å². The molecule has 1 unspecified atom stereocenters. The van der Waals surface area contributed by atoms with Crippen LogP contribution in [0.15, 0.2) is 48.5 Å². The highest BCUT2D eigenvalue weighted by molar-refractivity contribution is 6.03. The maximum absolute atomic E-state index is 13.0. The van der Waals surface area contributed by atoms with E-state index in [-0.39, 0.29) is 31.0 Å². The van der Waals surface area contributed by atoms with Gasteiger partial charge in [0, 0.05) is 17.7 Å². The van der Waals surface area contributed by atoms with Gasteiger partial charge >= 0.3 is 5.97 Å². The number of ketones is 1. The van der Waals surface area contributed by atoms with E-state index in [1.165, 1.54) is 0 Å². The number of Topliss-reactive ketones (excluding diaryl/α,β-unsaturated/α-hetero) is 1. The van der Waals surface area contributed by atoms with Crippen LogP contribution in [0, 0.1) is 0 Å². The van der Waals surface area contributed by atoms with Gasteiger partial charge in [-0.05, 0) is 17.2 Å². The fourth-order valence-corrected chi connectivity index (χ4v) is 2.95. The van der Waals surface area contributed by atoms with Gasteiger partial charge in [-0.25, -0.2) is 0 Å². The summed E-state index contributed by atoms with van der Waals surface area (Å²) in [5, 5.41) is 14.1. The van der Waals surface area contributed by atoms with Crippen molar-refractivity contribution in [3.63, 3.8) is 0 Å². The lowest BCUT2D eigenvalue weighted by Crippen LogP contribution is -2.34. The van der Waals surface area contributed by atoms with Gasteiger partial charge in [-0.2, -0.15) is 0 Å². The van der Waals surface area contributed by atoms with Crippen LogP contribution < -0.4 is 10.6 Å². The fourth-order valence-electron chi connectivity index (χ4n) is 2.95. The minimum atomic E-state index is -1.08. The third kappa shape index (κ3) is 4.38. The average Bonchev–Trinajstić information content (AvgIpc) is 3.03. The van der Waals surface area contributed by atoms with Crippen molar-refractivity contribution in [3.8, 4) is 0 Å². The molecule has 0 spiro atoms. The highest BCUT2D eigenvalue weighted by Gasteiger charge is 2.26. The Morgan fingerprint density at radius 1 is 1.07 bits per heavy atom. The molecule has 7 heteroatoms. The quantitative estimate of drug-likeness (QED) is 0.650. The van der Waals surface area contributed by atoms with E-state index in [0.717, 1.165) is 5.56 Å². The smallest absolute Gasteiger partial charge is 0.303 e. The molecule has 0 bridgehead atoms. The number of hydrogen-bond donors (Lipinski definition) is 3. The SMILES string of the molecule is O=C(O)CCC(=O)NC(C(=O)c1ccccc1)c1ccc2c(c1)CC(=O)N2. The minimum Gasteiger partial charge on any atom is -0.481 e. The van der Waals surface area contributed by atoms with E-state index in [4.69, 9.17) is 5.11 Å². The molecule has 1 aliphatic rings. The molecule has 0 saturated carbocycles. The highest BCUT2D eigenvalue weighted by Crippen LogP contribution is 2.28. The van der Waals surface area contributed by atoms with Crippen LogP contribution in [0.2, 0.25) is 0 Å². The van der Waals surface area contributed by atoms with Crippen LogP contribution in [-0.2, 0) is 20.8 Å². The van der Waals surface area contributed by atoms with Gasteiger partial charge < -0.3 is 15.7 Å². The van der Waals surface area contributed by atoms with Crippen LogP contribution in [0.25, 0.3) is 0 Å². The van der Waals surface area contributed by atoms with Gasteiger partial charge in [-0.3, -0.25) is 19.2 Å². The maximum atomic E-state index is 13.0. The molecule has 1 aliphatic heterocycles. The van der Waals surface area contributed by atoms with Gasteiger partial charge in [-0.1, -0.05) is 42.5 Å². The summed E-state index contributed by atoms with van der Waals surface area (Å²) in [7, 11) is 0. The number of nitrogens with one attached hydrogen (secondary N) is 2. The van der Waals surface area contributed by atoms with Crippen molar-refractivity contribution >= 4 is 29.3 Å². The summed E-state index contributed by atoms with van der Waals surface area (Å²) < 4.78 is 0. The molecule has 2 aromatic carbocycles. The molecule has 0 fully saturated rings. The summed E-state index contributed by atoms with van der Waals surface area (Å²) in [6, 6.07) is 12.7. The van der Waals surface area contributed by atoms with Gasteiger partial charge in [0.1, 0.15) is 6.04 Å². The highest BCUT2D eigenvalue weighted by atomic mass is 16.4. The monoisotopic (exact) mass is 366 g/mol. The molecular weight excluding hydrogens is 348 g/mol. The van der Waals surface area contributed by atoms with E-state index in [2.05, 4.69) is 10.6 Å². The second kappa shape index (κ2) is 7.82. The molecule has 2 aromatic rings. The molecule has 2 amide bonds. The van der Waals surface area contributed by atoms with E-state index >= 15 is 0 Å². The van der Waals surface area contributed by atoms with Gasteiger partial charge in [0.2, 0.25) is 11.8 Å². The first kappa shape index (κ1) is 18.3. The number of amides is 2. The molecule has 3 N–H and O–H groups in total. The van der Waals surface area contributed by atoms with Crippen LogP contribution in [-0.4, -0.2) is 28.7 Å². The van der Waals surface area contributed by atoms with Gasteiger partial charge in [-0.15, -0.1) is 0 Å². The number of hydrogen-bond acceptors (Lipinski definition) is 4. The summed E-state index contributed by atoms with van der Waals surface area (Å²) in [6.07, 6.45) is -0.331. The first-order valence-corrected chi connectivity index (χ1v) is 8.47. The Kier molecular flexibility index (Phi) is 5.30. The third-order valence-corrected chi connectivity index (χ3v) is 4.28. The molecule has 1 atom stereocenters. The molecule has 3 rings (SSSR count). The third-order valence-electron chi connectivity index (χ3n) is 4.28. The van der Waals surface area contributed by atoms with Crippen LogP contribution in [0.3, 0.4) is 0 Å². The van der Waals surface area contributed by atoms with Crippen LogP contribution in [0.1, 0.15) is 40.4 Å². The molecule has 0 saturated heterocycles. The van der Waals surface area contributed by atoms with Crippen molar-refractivity contribution in [1.82, 2.24) is 5.32 Å². The number of carbonyl (C=O) groups is 4. The standard InChI is InChI=1S/C20H18N2O5/c23-16(8-9-18(25)26)22-19(20(27)12-4-2-1-3-5-12)13-6-7-15-14(10-13)11-17(24)21-15/h1-7,10,19H,8-9,11H2,(H,21,24)(H,22,23)(H,25,26). The van der Waals surface area contributed by atoms with E-state index < -0.39 is 17.9 Å². The fraction of sp³-hybridized carbons (Fsp3) is 0.200. The number of carbonyl (C=O) groups excluding carboxylic acids is 3.